The molecule has 142 valence electrons. The highest BCUT2D eigenvalue weighted by atomic mass is 19.3. The van der Waals surface area contributed by atoms with Gasteiger partial charge in [-0.25, -0.2) is 0 Å². The molecule has 0 aliphatic rings. The van der Waals surface area contributed by atoms with Crippen LogP contribution in [0.1, 0.15) is 18.2 Å². The summed E-state index contributed by atoms with van der Waals surface area (Å²) >= 11 is 0. The zero-order chi connectivity index (χ0) is 19.3. The van der Waals surface area contributed by atoms with Crippen molar-refractivity contribution in [3.05, 3.63) is 35.5 Å². The summed E-state index contributed by atoms with van der Waals surface area (Å²) in [4.78, 5) is 14.0. The van der Waals surface area contributed by atoms with Gasteiger partial charge in [-0.15, -0.1) is 0 Å². The van der Waals surface area contributed by atoms with Crippen LogP contribution in [0, 0.1) is 6.92 Å². The predicted octanol–water partition coefficient (Wildman–Crippen LogP) is 3.05. The van der Waals surface area contributed by atoms with Crippen LogP contribution in [0.5, 0.6) is 11.5 Å². The minimum atomic E-state index is -2.95. The van der Waals surface area contributed by atoms with Crippen molar-refractivity contribution in [2.45, 2.75) is 33.0 Å². The Kier molecular flexibility index (Phi) is 6.51. The lowest BCUT2D eigenvalue weighted by Crippen LogP contribution is -2.39. The number of halogens is 2. The van der Waals surface area contributed by atoms with Crippen LogP contribution in [0.2, 0.25) is 0 Å². The molecule has 0 saturated carbocycles. The van der Waals surface area contributed by atoms with Crippen LogP contribution in [0.3, 0.4) is 0 Å². The van der Waals surface area contributed by atoms with E-state index in [1.54, 1.807) is 44.0 Å². The molecular formula is C17H21F2N3O4. The van der Waals surface area contributed by atoms with Gasteiger partial charge in [0.1, 0.15) is 0 Å². The second kappa shape index (κ2) is 8.61. The number of carbonyl (C=O) groups excluding carboxylic acids is 1. The molecule has 1 atom stereocenters. The minimum absolute atomic E-state index is 0.0531. The van der Waals surface area contributed by atoms with E-state index in [9.17, 15) is 13.6 Å². The third kappa shape index (κ3) is 5.16. The topological polar surface area (TPSA) is 76.8 Å². The van der Waals surface area contributed by atoms with E-state index < -0.39 is 12.7 Å². The molecule has 9 heteroatoms. The number of aromatic nitrogens is 1. The number of amides is 1. The summed E-state index contributed by atoms with van der Waals surface area (Å²) in [5, 5.41) is 6.33. The Labute approximate surface area is 149 Å². The number of anilines is 1. The fourth-order valence-electron chi connectivity index (χ4n) is 2.28. The molecule has 0 saturated heterocycles. The molecule has 0 aliphatic carbocycles. The Morgan fingerprint density at radius 2 is 2.08 bits per heavy atom. The van der Waals surface area contributed by atoms with Crippen molar-refractivity contribution >= 4 is 11.8 Å². The van der Waals surface area contributed by atoms with Crippen LogP contribution in [0.25, 0.3) is 0 Å². The van der Waals surface area contributed by atoms with Crippen molar-refractivity contribution < 1.29 is 27.6 Å². The average molecular weight is 369 g/mol. The Balaban J connectivity index is 2.03. The van der Waals surface area contributed by atoms with Crippen LogP contribution in [0.4, 0.5) is 14.7 Å². The Hall–Kier alpha value is -2.68. The predicted molar refractivity (Wildman–Crippen MR) is 90.4 cm³/mol. The van der Waals surface area contributed by atoms with E-state index in [0.717, 1.165) is 0 Å². The van der Waals surface area contributed by atoms with Crippen LogP contribution in [-0.2, 0) is 11.3 Å². The van der Waals surface area contributed by atoms with E-state index in [-0.39, 0.29) is 23.3 Å². The van der Waals surface area contributed by atoms with Crippen molar-refractivity contribution in [3.63, 3.8) is 0 Å². The lowest BCUT2D eigenvalue weighted by atomic mass is 10.1. The molecule has 1 unspecified atom stereocenters. The van der Waals surface area contributed by atoms with Gasteiger partial charge in [-0.05, 0) is 38.6 Å². The van der Waals surface area contributed by atoms with Crippen molar-refractivity contribution in [2.75, 3.05) is 19.5 Å². The summed E-state index contributed by atoms with van der Waals surface area (Å²) in [5.74, 6) is 0.150. The van der Waals surface area contributed by atoms with Gasteiger partial charge in [-0.2, -0.15) is 8.78 Å². The summed E-state index contributed by atoms with van der Waals surface area (Å²) in [5.41, 5.74) is 1.35. The number of likely N-dealkylation sites (N-methyl/N-ethyl adjacent to an activating group) is 1. The minimum Gasteiger partial charge on any atom is -0.493 e. The molecule has 2 aromatic rings. The molecule has 1 aromatic heterocycles. The molecule has 0 fully saturated rings. The van der Waals surface area contributed by atoms with Crippen molar-refractivity contribution in [1.82, 2.24) is 10.1 Å². The monoisotopic (exact) mass is 369 g/mol. The maximum atomic E-state index is 12.5. The molecule has 1 amide bonds. The first-order chi connectivity index (χ1) is 12.3. The molecule has 26 heavy (non-hydrogen) atoms. The number of aryl methyl sites for hydroxylation is 1. The number of benzene rings is 1. The molecule has 1 heterocycles. The first kappa shape index (κ1) is 19.6. The molecular weight excluding hydrogens is 348 g/mol. The van der Waals surface area contributed by atoms with Crippen molar-refractivity contribution in [2.24, 2.45) is 0 Å². The lowest BCUT2D eigenvalue weighted by Gasteiger charge is -2.23. The molecule has 1 N–H and O–H groups in total. The fourth-order valence-corrected chi connectivity index (χ4v) is 2.28. The molecule has 0 bridgehead atoms. The molecule has 0 aliphatic heterocycles. The van der Waals surface area contributed by atoms with E-state index in [1.165, 1.54) is 13.2 Å². The largest absolute Gasteiger partial charge is 0.493 e. The zero-order valence-corrected chi connectivity index (χ0v) is 15.0. The number of carbonyl (C=O) groups is 1. The SMILES string of the molecule is COc1ccc(CN(C)C(C)C(=O)Nc2cc(C)no2)cc1OC(F)F. The smallest absolute Gasteiger partial charge is 0.387 e. The Morgan fingerprint density at radius 3 is 2.65 bits per heavy atom. The van der Waals surface area contributed by atoms with E-state index in [1.807, 2.05) is 0 Å². The molecule has 0 radical (unpaired) electrons. The Bertz CT molecular complexity index is 751. The van der Waals surface area contributed by atoms with Crippen LogP contribution >= 0.6 is 0 Å². The maximum Gasteiger partial charge on any atom is 0.387 e. The van der Waals surface area contributed by atoms with E-state index in [0.29, 0.717) is 17.8 Å². The average Bonchev–Trinajstić information content (AvgIpc) is 2.98. The summed E-state index contributed by atoms with van der Waals surface area (Å²) in [7, 11) is 3.12. The Morgan fingerprint density at radius 1 is 1.35 bits per heavy atom. The summed E-state index contributed by atoms with van der Waals surface area (Å²) in [6, 6.07) is 5.84. The second-order valence-electron chi connectivity index (χ2n) is 5.78. The third-order valence-corrected chi connectivity index (χ3v) is 3.79. The number of nitrogens with one attached hydrogen (secondary N) is 1. The second-order valence-corrected chi connectivity index (χ2v) is 5.78. The van der Waals surface area contributed by atoms with Gasteiger partial charge in [0.2, 0.25) is 11.8 Å². The van der Waals surface area contributed by atoms with Crippen molar-refractivity contribution in [1.29, 1.82) is 0 Å². The van der Waals surface area contributed by atoms with Gasteiger partial charge in [-0.3, -0.25) is 15.0 Å². The number of methoxy groups -OCH3 is 1. The van der Waals surface area contributed by atoms with Crippen LogP contribution in [-0.4, -0.2) is 42.8 Å². The number of hydrogen-bond donors (Lipinski definition) is 1. The van der Waals surface area contributed by atoms with Crippen molar-refractivity contribution in [3.8, 4) is 11.5 Å². The first-order valence-electron chi connectivity index (χ1n) is 7.86. The first-order valence-corrected chi connectivity index (χ1v) is 7.86. The number of nitrogens with zero attached hydrogens (tertiary/aromatic N) is 2. The summed E-state index contributed by atoms with van der Waals surface area (Å²) < 4.78 is 39.5. The van der Waals surface area contributed by atoms with Gasteiger partial charge >= 0.3 is 6.61 Å². The highest BCUT2D eigenvalue weighted by molar-refractivity contribution is 5.93. The summed E-state index contributed by atoms with van der Waals surface area (Å²) in [6.07, 6.45) is 0. The van der Waals surface area contributed by atoms with Gasteiger partial charge in [0, 0.05) is 12.6 Å². The number of rotatable bonds is 8. The molecule has 0 spiro atoms. The maximum absolute atomic E-state index is 12.5. The fraction of sp³-hybridized carbons (Fsp3) is 0.412. The van der Waals surface area contributed by atoms with Gasteiger partial charge in [0.25, 0.3) is 0 Å². The van der Waals surface area contributed by atoms with Gasteiger partial charge < -0.3 is 14.0 Å². The highest BCUT2D eigenvalue weighted by Gasteiger charge is 2.20. The van der Waals surface area contributed by atoms with Gasteiger partial charge in [0.15, 0.2) is 11.5 Å². The number of hydrogen-bond acceptors (Lipinski definition) is 6. The van der Waals surface area contributed by atoms with E-state index >= 15 is 0 Å². The zero-order valence-electron chi connectivity index (χ0n) is 15.0. The van der Waals surface area contributed by atoms with E-state index in [2.05, 4.69) is 15.2 Å². The molecule has 1 aromatic carbocycles. The van der Waals surface area contributed by atoms with E-state index in [4.69, 9.17) is 9.26 Å². The van der Waals surface area contributed by atoms with Crippen LogP contribution < -0.4 is 14.8 Å². The molecule has 2 rings (SSSR count). The molecule has 7 nitrogen and oxygen atoms in total. The highest BCUT2D eigenvalue weighted by Crippen LogP contribution is 2.30. The third-order valence-electron chi connectivity index (χ3n) is 3.79. The summed E-state index contributed by atoms with van der Waals surface area (Å²) in [6.45, 7) is 0.857. The quantitative estimate of drug-likeness (QED) is 0.771. The standard InChI is InChI=1S/C17H21F2N3O4/c1-10-7-15(26-21-10)20-16(23)11(2)22(3)9-12-5-6-13(24-4)14(8-12)25-17(18)19/h5-8,11,17H,9H2,1-4H3,(H,20,23). The van der Waals surface area contributed by atoms with Gasteiger partial charge in [0.05, 0.1) is 18.8 Å². The lowest BCUT2D eigenvalue weighted by molar-refractivity contribution is -0.120. The number of ether oxygens (including phenoxy) is 2. The van der Waals surface area contributed by atoms with Crippen LogP contribution in [0.15, 0.2) is 28.8 Å². The normalized spacial score (nSPS) is 12.3. The van der Waals surface area contributed by atoms with Gasteiger partial charge in [-0.1, -0.05) is 11.2 Å². The number of alkyl halides is 2.